The highest BCUT2D eigenvalue weighted by molar-refractivity contribution is 5.96. The summed E-state index contributed by atoms with van der Waals surface area (Å²) in [5.41, 5.74) is -0.158. The Labute approximate surface area is 219 Å². The molecule has 1 aliphatic heterocycles. The van der Waals surface area contributed by atoms with Crippen LogP contribution in [-0.4, -0.2) is 50.6 Å². The number of aromatic hydroxyl groups is 1. The monoisotopic (exact) mass is 526 g/mol. The highest BCUT2D eigenvalue weighted by Crippen LogP contribution is 2.31. The number of nitrogens with zero attached hydrogens (tertiary/aromatic N) is 4. The largest absolute Gasteiger partial charge is 0.497 e. The molecule has 1 N–H and O–H groups in total. The van der Waals surface area contributed by atoms with Gasteiger partial charge in [0.2, 0.25) is 5.88 Å². The maximum atomic E-state index is 14.3. The Morgan fingerprint density at radius 2 is 2.05 bits per heavy atom. The number of amides is 1. The summed E-state index contributed by atoms with van der Waals surface area (Å²) in [4.78, 5) is 37.0. The first-order valence-electron chi connectivity index (χ1n) is 12.9. The first kappa shape index (κ1) is 27.2. The Bertz CT molecular complexity index is 1380. The van der Waals surface area contributed by atoms with E-state index in [9.17, 15) is 23.5 Å². The summed E-state index contributed by atoms with van der Waals surface area (Å²) in [6.45, 7) is 4.26. The Balaban J connectivity index is 1.73. The van der Waals surface area contributed by atoms with E-state index in [0.717, 1.165) is 30.7 Å². The molecule has 0 spiro atoms. The number of hydrogen-bond donors (Lipinski definition) is 1. The van der Waals surface area contributed by atoms with Crippen molar-refractivity contribution in [3.8, 4) is 11.6 Å². The zero-order valence-corrected chi connectivity index (χ0v) is 21.8. The van der Waals surface area contributed by atoms with Crippen LogP contribution >= 0.6 is 0 Å². The van der Waals surface area contributed by atoms with Gasteiger partial charge in [0.1, 0.15) is 23.2 Å². The predicted octanol–water partition coefficient (Wildman–Crippen LogP) is 4.60. The number of aryl methyl sites for hydroxylation is 1. The minimum absolute atomic E-state index is 0.0699. The van der Waals surface area contributed by atoms with Gasteiger partial charge in [0.15, 0.2) is 5.56 Å². The molecule has 2 aromatic heterocycles. The lowest BCUT2D eigenvalue weighted by Crippen LogP contribution is -2.38. The number of halogens is 2. The fourth-order valence-corrected chi connectivity index (χ4v) is 5.05. The van der Waals surface area contributed by atoms with Gasteiger partial charge >= 0.3 is 0 Å². The minimum Gasteiger partial charge on any atom is -0.497 e. The number of unbranched alkanes of at least 4 members (excludes halogenated alkanes) is 1. The minimum atomic E-state index is -0.779. The summed E-state index contributed by atoms with van der Waals surface area (Å²) in [6, 6.07) is 7.70. The van der Waals surface area contributed by atoms with E-state index in [1.807, 2.05) is 38.1 Å². The molecule has 202 valence electrons. The van der Waals surface area contributed by atoms with Gasteiger partial charge in [-0.15, -0.1) is 0 Å². The number of rotatable bonds is 9. The first-order chi connectivity index (χ1) is 18.3. The van der Waals surface area contributed by atoms with Crippen LogP contribution in [0.25, 0.3) is 0 Å². The number of methoxy groups -OCH3 is 1. The molecule has 0 saturated carbocycles. The summed E-state index contributed by atoms with van der Waals surface area (Å²) >= 11 is 0. The Kier molecular flexibility index (Phi) is 8.38. The van der Waals surface area contributed by atoms with Crippen LogP contribution in [0.15, 0.2) is 41.3 Å². The average Bonchev–Trinajstić information content (AvgIpc) is 3.39. The van der Waals surface area contributed by atoms with Crippen LogP contribution < -0.4 is 10.3 Å². The number of carbonyl (C=O) groups excluding carboxylic acids is 1. The van der Waals surface area contributed by atoms with E-state index in [0.29, 0.717) is 30.8 Å². The fraction of sp³-hybridized carbons (Fsp3) is 0.429. The van der Waals surface area contributed by atoms with Crippen molar-refractivity contribution < 1.29 is 23.4 Å². The molecule has 38 heavy (non-hydrogen) atoms. The molecule has 3 aromatic rings. The third kappa shape index (κ3) is 5.39. The Morgan fingerprint density at radius 3 is 2.74 bits per heavy atom. The highest BCUT2D eigenvalue weighted by Gasteiger charge is 2.35. The molecule has 0 radical (unpaired) electrons. The maximum Gasteiger partial charge on any atom is 0.270 e. The van der Waals surface area contributed by atoms with Crippen LogP contribution in [0.1, 0.15) is 78.9 Å². The second-order valence-corrected chi connectivity index (χ2v) is 9.46. The van der Waals surface area contributed by atoms with Crippen LogP contribution in [0.5, 0.6) is 11.6 Å². The Hall–Kier alpha value is -3.82. The van der Waals surface area contributed by atoms with Crippen LogP contribution in [0.4, 0.5) is 8.78 Å². The van der Waals surface area contributed by atoms with Gasteiger partial charge in [-0.25, -0.2) is 8.78 Å². The SMILES string of the molecule is CCCCc1nc(O)c(C(=O)N2CCC(c3ncc(F)cc3F)C2)c(=O)n1[C@H](CC)c1cccc(OC)c1. The zero-order valence-electron chi connectivity index (χ0n) is 21.8. The molecule has 1 amide bonds. The van der Waals surface area contributed by atoms with Crippen molar-refractivity contribution in [2.45, 2.75) is 57.9 Å². The van der Waals surface area contributed by atoms with Gasteiger partial charge < -0.3 is 14.7 Å². The van der Waals surface area contributed by atoms with Gasteiger partial charge in [-0.3, -0.25) is 19.1 Å². The van der Waals surface area contributed by atoms with Crippen molar-refractivity contribution in [2.24, 2.45) is 0 Å². The van der Waals surface area contributed by atoms with Crippen molar-refractivity contribution in [3.05, 3.63) is 81.2 Å². The number of carbonyl (C=O) groups is 1. The van der Waals surface area contributed by atoms with Crippen LogP contribution in [-0.2, 0) is 6.42 Å². The maximum absolute atomic E-state index is 14.3. The third-order valence-electron chi connectivity index (χ3n) is 7.01. The summed E-state index contributed by atoms with van der Waals surface area (Å²) in [5, 5.41) is 10.8. The van der Waals surface area contributed by atoms with E-state index in [1.54, 1.807) is 7.11 Å². The molecule has 1 fully saturated rings. The number of pyridine rings is 1. The van der Waals surface area contributed by atoms with Crippen molar-refractivity contribution in [1.29, 1.82) is 0 Å². The summed E-state index contributed by atoms with van der Waals surface area (Å²) in [5.74, 6) is -2.27. The molecule has 1 saturated heterocycles. The number of hydrogen-bond acceptors (Lipinski definition) is 6. The molecule has 10 heteroatoms. The molecule has 1 aromatic carbocycles. The van der Waals surface area contributed by atoms with Gasteiger partial charge in [-0.1, -0.05) is 32.4 Å². The fourth-order valence-electron chi connectivity index (χ4n) is 5.05. The van der Waals surface area contributed by atoms with Crippen LogP contribution in [0.2, 0.25) is 0 Å². The molecular formula is C28H32F2N4O4. The smallest absolute Gasteiger partial charge is 0.270 e. The molecule has 3 heterocycles. The second-order valence-electron chi connectivity index (χ2n) is 9.46. The number of aromatic nitrogens is 3. The predicted molar refractivity (Wildman–Crippen MR) is 138 cm³/mol. The van der Waals surface area contributed by atoms with E-state index >= 15 is 0 Å². The lowest BCUT2D eigenvalue weighted by Gasteiger charge is -2.24. The quantitative estimate of drug-likeness (QED) is 0.438. The molecule has 2 atom stereocenters. The van der Waals surface area contributed by atoms with E-state index < -0.39 is 46.5 Å². The number of likely N-dealkylation sites (tertiary alicyclic amines) is 1. The summed E-state index contributed by atoms with van der Waals surface area (Å²) in [6.07, 6.45) is 3.92. The molecule has 1 unspecified atom stereocenters. The topological polar surface area (TPSA) is 97.6 Å². The van der Waals surface area contributed by atoms with Crippen molar-refractivity contribution in [1.82, 2.24) is 19.4 Å². The van der Waals surface area contributed by atoms with Crippen LogP contribution in [0, 0.1) is 11.6 Å². The van der Waals surface area contributed by atoms with Gasteiger partial charge in [-0.05, 0) is 37.0 Å². The third-order valence-corrected chi connectivity index (χ3v) is 7.01. The van der Waals surface area contributed by atoms with Crippen molar-refractivity contribution in [2.75, 3.05) is 20.2 Å². The van der Waals surface area contributed by atoms with E-state index in [4.69, 9.17) is 4.74 Å². The standard InChI is InChI=1S/C28H32F2N4O4/c1-4-6-10-23-32-26(35)24(28(37)34(23)22(5-2)17-8-7-9-20(13-17)38-3)27(36)33-12-11-18(16-33)25-21(30)14-19(29)15-31-25/h7-9,13-15,18,22,35H,4-6,10-12,16H2,1-3H3/t18?,22-/m1/s1. The van der Waals surface area contributed by atoms with Gasteiger partial charge in [0.05, 0.1) is 25.0 Å². The first-order valence-corrected chi connectivity index (χ1v) is 12.9. The average molecular weight is 527 g/mol. The van der Waals surface area contributed by atoms with Crippen molar-refractivity contribution >= 4 is 5.91 Å². The lowest BCUT2D eigenvalue weighted by atomic mass is 10.0. The molecule has 4 rings (SSSR count). The van der Waals surface area contributed by atoms with E-state index in [2.05, 4.69) is 9.97 Å². The highest BCUT2D eigenvalue weighted by atomic mass is 19.1. The molecular weight excluding hydrogens is 494 g/mol. The second kappa shape index (κ2) is 11.7. The molecule has 0 bridgehead atoms. The van der Waals surface area contributed by atoms with Crippen molar-refractivity contribution in [3.63, 3.8) is 0 Å². The lowest BCUT2D eigenvalue weighted by molar-refractivity contribution is 0.0783. The number of ether oxygens (including phenoxy) is 1. The van der Waals surface area contributed by atoms with Gasteiger partial charge in [0.25, 0.3) is 11.5 Å². The van der Waals surface area contributed by atoms with Gasteiger partial charge in [-0.2, -0.15) is 4.98 Å². The van der Waals surface area contributed by atoms with E-state index in [1.165, 1.54) is 9.47 Å². The van der Waals surface area contributed by atoms with Crippen LogP contribution in [0.3, 0.4) is 0 Å². The molecule has 8 nitrogen and oxygen atoms in total. The Morgan fingerprint density at radius 1 is 1.26 bits per heavy atom. The number of benzene rings is 1. The summed E-state index contributed by atoms with van der Waals surface area (Å²) in [7, 11) is 1.56. The normalized spacial score (nSPS) is 16.0. The zero-order chi connectivity index (χ0) is 27.4. The molecule has 0 aliphatic carbocycles. The van der Waals surface area contributed by atoms with E-state index in [-0.39, 0.29) is 18.8 Å². The summed E-state index contributed by atoms with van der Waals surface area (Å²) < 4.78 is 34.5. The molecule has 1 aliphatic rings. The van der Waals surface area contributed by atoms with Gasteiger partial charge in [0, 0.05) is 31.5 Å².